The number of ether oxygens (including phenoxy) is 2. The lowest BCUT2D eigenvalue weighted by molar-refractivity contribution is -0.113. The summed E-state index contributed by atoms with van der Waals surface area (Å²) in [6.07, 6.45) is 0.209. The first kappa shape index (κ1) is 22.4. The predicted octanol–water partition coefficient (Wildman–Crippen LogP) is 4.37. The van der Waals surface area contributed by atoms with Gasteiger partial charge < -0.3 is 19.7 Å². The number of morpholine rings is 1. The van der Waals surface area contributed by atoms with E-state index in [1.165, 1.54) is 11.8 Å². The molecule has 2 aromatic carbocycles. The highest BCUT2D eigenvalue weighted by molar-refractivity contribution is 8.00. The van der Waals surface area contributed by atoms with Gasteiger partial charge in [0.25, 0.3) is 0 Å². The van der Waals surface area contributed by atoms with Crippen molar-refractivity contribution >= 4 is 40.2 Å². The minimum absolute atomic E-state index is 0.0937. The minimum Gasteiger partial charge on any atom is -0.494 e. The standard InChI is InChI=1S/C24H28N4O3S/c1-4-30-19-11-9-18(10-12-19)25-22(29)15-32-24-23(28-13-16(2)31-17(3)14-28)26-20-7-5-6-8-21(20)27-24/h5-12,16-17H,4,13-15H2,1-3H3,(H,25,29)/t16-,17-/m0/s1. The van der Waals surface area contributed by atoms with Gasteiger partial charge in [0.1, 0.15) is 10.8 Å². The van der Waals surface area contributed by atoms with Crippen molar-refractivity contribution in [2.75, 3.05) is 35.7 Å². The van der Waals surface area contributed by atoms with Crippen molar-refractivity contribution in [2.24, 2.45) is 0 Å². The van der Waals surface area contributed by atoms with Gasteiger partial charge >= 0.3 is 0 Å². The van der Waals surface area contributed by atoms with Gasteiger partial charge in [-0.2, -0.15) is 0 Å². The van der Waals surface area contributed by atoms with E-state index in [1.807, 2.05) is 55.5 Å². The number of thioether (sulfide) groups is 1. The fraction of sp³-hybridized carbons (Fsp3) is 0.375. The summed E-state index contributed by atoms with van der Waals surface area (Å²) in [5.74, 6) is 1.74. The average molecular weight is 453 g/mol. The van der Waals surface area contributed by atoms with Crippen LogP contribution in [0.4, 0.5) is 11.5 Å². The lowest BCUT2D eigenvalue weighted by Crippen LogP contribution is -2.46. The van der Waals surface area contributed by atoms with Gasteiger partial charge in [0.2, 0.25) is 5.91 Å². The van der Waals surface area contributed by atoms with E-state index in [2.05, 4.69) is 24.1 Å². The van der Waals surface area contributed by atoms with E-state index in [0.29, 0.717) is 6.61 Å². The molecule has 1 aromatic heterocycles. The second kappa shape index (κ2) is 10.2. The first-order valence-corrected chi connectivity index (χ1v) is 11.8. The number of nitrogens with one attached hydrogen (secondary N) is 1. The van der Waals surface area contributed by atoms with Gasteiger partial charge in [0, 0.05) is 18.8 Å². The molecule has 0 aliphatic carbocycles. The molecule has 0 unspecified atom stereocenters. The van der Waals surface area contributed by atoms with Crippen LogP contribution in [0.2, 0.25) is 0 Å². The van der Waals surface area contributed by atoms with Crippen LogP contribution in [0.1, 0.15) is 20.8 Å². The molecule has 0 spiro atoms. The fourth-order valence-electron chi connectivity index (χ4n) is 3.76. The third-order valence-electron chi connectivity index (χ3n) is 5.03. The molecular weight excluding hydrogens is 424 g/mol. The van der Waals surface area contributed by atoms with E-state index in [-0.39, 0.29) is 23.9 Å². The average Bonchev–Trinajstić information content (AvgIpc) is 2.78. The molecule has 2 atom stereocenters. The van der Waals surface area contributed by atoms with E-state index in [0.717, 1.165) is 46.4 Å². The molecule has 1 aliphatic rings. The van der Waals surface area contributed by atoms with Crippen LogP contribution in [0.5, 0.6) is 5.75 Å². The molecule has 168 valence electrons. The van der Waals surface area contributed by atoms with Crippen LogP contribution in [0, 0.1) is 0 Å². The number of amides is 1. The van der Waals surface area contributed by atoms with Crippen molar-refractivity contribution in [1.82, 2.24) is 9.97 Å². The third kappa shape index (κ3) is 5.49. The number of hydrogen-bond acceptors (Lipinski definition) is 7. The maximum absolute atomic E-state index is 12.6. The summed E-state index contributed by atoms with van der Waals surface area (Å²) >= 11 is 1.40. The van der Waals surface area contributed by atoms with Crippen LogP contribution in [-0.4, -0.2) is 53.5 Å². The molecule has 1 saturated heterocycles. The Morgan fingerprint density at radius 3 is 2.41 bits per heavy atom. The van der Waals surface area contributed by atoms with Crippen LogP contribution in [-0.2, 0) is 9.53 Å². The Morgan fingerprint density at radius 1 is 1.09 bits per heavy atom. The fourth-order valence-corrected chi connectivity index (χ4v) is 4.57. The number of anilines is 2. The maximum Gasteiger partial charge on any atom is 0.234 e. The molecular formula is C24H28N4O3S. The summed E-state index contributed by atoms with van der Waals surface area (Å²) in [4.78, 5) is 24.6. The van der Waals surface area contributed by atoms with Crippen molar-refractivity contribution in [1.29, 1.82) is 0 Å². The number of para-hydroxylation sites is 2. The summed E-state index contributed by atoms with van der Waals surface area (Å²) in [7, 11) is 0. The van der Waals surface area contributed by atoms with Gasteiger partial charge in [-0.25, -0.2) is 9.97 Å². The van der Waals surface area contributed by atoms with Gasteiger partial charge in [-0.05, 0) is 57.2 Å². The van der Waals surface area contributed by atoms with Gasteiger partial charge in [-0.1, -0.05) is 23.9 Å². The molecule has 7 nitrogen and oxygen atoms in total. The van der Waals surface area contributed by atoms with Gasteiger partial charge in [-0.15, -0.1) is 0 Å². The van der Waals surface area contributed by atoms with E-state index < -0.39 is 0 Å². The molecule has 0 saturated carbocycles. The monoisotopic (exact) mass is 452 g/mol. The lowest BCUT2D eigenvalue weighted by Gasteiger charge is -2.36. The molecule has 32 heavy (non-hydrogen) atoms. The van der Waals surface area contributed by atoms with Crippen molar-refractivity contribution in [3.05, 3.63) is 48.5 Å². The van der Waals surface area contributed by atoms with Gasteiger partial charge in [0.15, 0.2) is 5.82 Å². The lowest BCUT2D eigenvalue weighted by atomic mass is 10.2. The Morgan fingerprint density at radius 2 is 1.75 bits per heavy atom. The number of carbonyl (C=O) groups is 1. The zero-order chi connectivity index (χ0) is 22.5. The molecule has 0 radical (unpaired) electrons. The van der Waals surface area contributed by atoms with Crippen molar-refractivity contribution < 1.29 is 14.3 Å². The largest absolute Gasteiger partial charge is 0.494 e. The second-order valence-electron chi connectivity index (χ2n) is 7.80. The zero-order valence-electron chi connectivity index (χ0n) is 18.6. The first-order chi connectivity index (χ1) is 15.5. The van der Waals surface area contributed by atoms with Crippen LogP contribution in [0.15, 0.2) is 53.6 Å². The topological polar surface area (TPSA) is 76.6 Å². The number of nitrogens with zero attached hydrogens (tertiary/aromatic N) is 3. The quantitative estimate of drug-likeness (QED) is 0.533. The van der Waals surface area contributed by atoms with Crippen LogP contribution < -0.4 is 15.0 Å². The molecule has 1 aliphatic heterocycles. The highest BCUT2D eigenvalue weighted by atomic mass is 32.2. The van der Waals surface area contributed by atoms with E-state index in [1.54, 1.807) is 0 Å². The van der Waals surface area contributed by atoms with E-state index in [4.69, 9.17) is 19.4 Å². The number of fused-ring (bicyclic) bond motifs is 1. The van der Waals surface area contributed by atoms with Gasteiger partial charge in [-0.3, -0.25) is 4.79 Å². The highest BCUT2D eigenvalue weighted by Gasteiger charge is 2.26. The minimum atomic E-state index is -0.0937. The second-order valence-corrected chi connectivity index (χ2v) is 8.76. The van der Waals surface area contributed by atoms with Crippen molar-refractivity contribution in [3.63, 3.8) is 0 Å². The number of hydrogen-bond donors (Lipinski definition) is 1. The van der Waals surface area contributed by atoms with E-state index >= 15 is 0 Å². The summed E-state index contributed by atoms with van der Waals surface area (Å²) < 4.78 is 11.3. The normalized spacial score (nSPS) is 18.5. The van der Waals surface area contributed by atoms with E-state index in [9.17, 15) is 4.79 Å². The van der Waals surface area contributed by atoms with Crippen molar-refractivity contribution in [2.45, 2.75) is 38.0 Å². The SMILES string of the molecule is CCOc1ccc(NC(=O)CSc2nc3ccccc3nc2N2C[C@H](C)O[C@@H](C)C2)cc1. The zero-order valence-corrected chi connectivity index (χ0v) is 19.4. The number of benzene rings is 2. The summed E-state index contributed by atoms with van der Waals surface area (Å²) in [6, 6.07) is 15.2. The molecule has 1 N–H and O–H groups in total. The Hall–Kier alpha value is -2.84. The Labute approximate surface area is 192 Å². The Kier molecular flexibility index (Phi) is 7.12. The predicted molar refractivity (Wildman–Crippen MR) is 129 cm³/mol. The molecule has 8 heteroatoms. The van der Waals surface area contributed by atoms with Crippen LogP contribution >= 0.6 is 11.8 Å². The summed E-state index contributed by atoms with van der Waals surface area (Å²) in [5, 5.41) is 3.69. The van der Waals surface area contributed by atoms with Gasteiger partial charge in [0.05, 0.1) is 35.6 Å². The number of carbonyl (C=O) groups excluding carboxylic acids is 1. The highest BCUT2D eigenvalue weighted by Crippen LogP contribution is 2.31. The first-order valence-electron chi connectivity index (χ1n) is 10.8. The molecule has 2 heterocycles. The Bertz CT molecular complexity index is 1070. The maximum atomic E-state index is 12.6. The number of rotatable bonds is 7. The van der Waals surface area contributed by atoms with Crippen molar-refractivity contribution in [3.8, 4) is 5.75 Å². The molecule has 4 rings (SSSR count). The van der Waals surface area contributed by atoms with Crippen LogP contribution in [0.3, 0.4) is 0 Å². The summed E-state index contributed by atoms with van der Waals surface area (Å²) in [6.45, 7) is 8.16. The molecule has 1 fully saturated rings. The molecule has 0 bridgehead atoms. The molecule has 1 amide bonds. The van der Waals surface area contributed by atoms with Crippen LogP contribution in [0.25, 0.3) is 11.0 Å². The third-order valence-corrected chi connectivity index (χ3v) is 5.98. The molecule has 3 aromatic rings. The summed E-state index contributed by atoms with van der Waals surface area (Å²) in [5.41, 5.74) is 2.40. The smallest absolute Gasteiger partial charge is 0.234 e. The number of aromatic nitrogens is 2. The Balaban J connectivity index is 1.50.